The smallest absolute Gasteiger partial charge is 0.412 e. The highest BCUT2D eigenvalue weighted by Crippen LogP contribution is 2.43. The molecule has 0 spiro atoms. The highest BCUT2D eigenvalue weighted by molar-refractivity contribution is 6.02. The molecule has 3 atom stereocenters. The predicted molar refractivity (Wildman–Crippen MR) is 190 cm³/mol. The number of para-hydroxylation sites is 1. The highest BCUT2D eigenvalue weighted by Gasteiger charge is 2.41. The second-order valence-electron chi connectivity index (χ2n) is 15.0. The number of fused-ring (bicyclic) bond motifs is 6. The summed E-state index contributed by atoms with van der Waals surface area (Å²) in [4.78, 5) is 33.4. The maximum absolute atomic E-state index is 14.0. The van der Waals surface area contributed by atoms with Crippen molar-refractivity contribution in [3.63, 3.8) is 0 Å². The lowest BCUT2D eigenvalue weighted by Gasteiger charge is -2.48. The molecule has 2 amide bonds. The number of aryl methyl sites for hydroxylation is 1. The van der Waals surface area contributed by atoms with Gasteiger partial charge in [0.25, 0.3) is 5.91 Å². The van der Waals surface area contributed by atoms with Crippen LogP contribution in [0.15, 0.2) is 54.6 Å². The number of anilines is 1. The van der Waals surface area contributed by atoms with E-state index in [1.54, 1.807) is 7.11 Å². The van der Waals surface area contributed by atoms with Gasteiger partial charge in [-0.1, -0.05) is 24.3 Å². The highest BCUT2D eigenvalue weighted by atomic mass is 16.6. The fourth-order valence-electron chi connectivity index (χ4n) is 8.62. The zero-order valence-electron chi connectivity index (χ0n) is 28.5. The van der Waals surface area contributed by atoms with Crippen LogP contribution in [0.2, 0.25) is 0 Å². The molecule has 4 fully saturated rings. The van der Waals surface area contributed by atoms with Gasteiger partial charge in [-0.3, -0.25) is 10.1 Å². The largest absolute Gasteiger partial charge is 0.494 e. The number of nitrogens with two attached hydrogens (primary N) is 1. The Hall–Kier alpha value is -4.83. The average molecular weight is 659 g/mol. The minimum Gasteiger partial charge on any atom is -0.494 e. The summed E-state index contributed by atoms with van der Waals surface area (Å²) < 4.78 is 16.1. The number of carbonyl (C=O) groups is 2. The zero-order chi connectivity index (χ0) is 33.8. The van der Waals surface area contributed by atoms with Crippen molar-refractivity contribution < 1.29 is 19.1 Å². The van der Waals surface area contributed by atoms with Crippen LogP contribution in [0.1, 0.15) is 61.9 Å². The number of amides is 2. The van der Waals surface area contributed by atoms with Crippen LogP contribution in [-0.2, 0) is 23.9 Å². The molecule has 49 heavy (non-hydrogen) atoms. The van der Waals surface area contributed by atoms with Crippen molar-refractivity contribution in [1.82, 2.24) is 19.0 Å². The zero-order valence-corrected chi connectivity index (χ0v) is 28.5. The van der Waals surface area contributed by atoms with Crippen LogP contribution in [0.4, 0.5) is 10.5 Å². The molecule has 2 saturated heterocycles. The first-order valence-corrected chi connectivity index (χ1v) is 17.5. The van der Waals surface area contributed by atoms with Crippen molar-refractivity contribution in [2.24, 2.45) is 24.6 Å². The van der Waals surface area contributed by atoms with Crippen molar-refractivity contribution in [2.45, 2.75) is 70.2 Å². The van der Waals surface area contributed by atoms with Crippen molar-refractivity contribution in [2.75, 3.05) is 19.0 Å². The lowest BCUT2D eigenvalue weighted by atomic mass is 9.76. The number of piperidine rings is 2. The number of nitrogens with one attached hydrogen (secondary N) is 1. The van der Waals surface area contributed by atoms with Gasteiger partial charge in [-0.2, -0.15) is 0 Å². The molecule has 10 rings (SSSR count). The van der Waals surface area contributed by atoms with Crippen LogP contribution in [0.25, 0.3) is 44.6 Å². The Morgan fingerprint density at radius 1 is 1.08 bits per heavy atom. The molecule has 0 unspecified atom stereocenters. The first-order valence-electron chi connectivity index (χ1n) is 17.5. The summed E-state index contributed by atoms with van der Waals surface area (Å²) in [5, 5.41) is 3.98. The maximum Gasteiger partial charge on any atom is 0.412 e. The third-order valence-corrected chi connectivity index (χ3v) is 11.4. The molecule has 5 heterocycles. The van der Waals surface area contributed by atoms with E-state index in [1.165, 1.54) is 12.8 Å². The average Bonchev–Trinajstić information content (AvgIpc) is 3.75. The lowest BCUT2D eigenvalue weighted by molar-refractivity contribution is 0.0261. The second-order valence-corrected chi connectivity index (χ2v) is 15.0. The van der Waals surface area contributed by atoms with E-state index in [0.717, 1.165) is 81.6 Å². The van der Waals surface area contributed by atoms with Gasteiger partial charge in [0.15, 0.2) is 5.82 Å². The molecule has 3 N–H and O–H groups in total. The number of ether oxygens (including phenoxy) is 2. The first kappa shape index (κ1) is 30.2. The molecule has 5 aromatic rings. The van der Waals surface area contributed by atoms with E-state index in [1.807, 2.05) is 44.0 Å². The molecule has 2 bridgehead atoms. The number of imidazole rings is 1. The van der Waals surface area contributed by atoms with Gasteiger partial charge in [-0.25, -0.2) is 9.78 Å². The summed E-state index contributed by atoms with van der Waals surface area (Å²) in [6.45, 7) is 5.45. The van der Waals surface area contributed by atoms with E-state index in [9.17, 15) is 9.59 Å². The van der Waals surface area contributed by atoms with Crippen molar-refractivity contribution in [3.05, 3.63) is 65.7 Å². The van der Waals surface area contributed by atoms with Gasteiger partial charge in [0, 0.05) is 54.3 Å². The molecule has 2 aliphatic carbocycles. The van der Waals surface area contributed by atoms with Crippen LogP contribution in [0, 0.1) is 11.8 Å². The Morgan fingerprint density at radius 3 is 2.65 bits per heavy atom. The monoisotopic (exact) mass is 658 g/mol. The van der Waals surface area contributed by atoms with E-state index < -0.39 is 11.7 Å². The van der Waals surface area contributed by atoms with Crippen LogP contribution < -0.4 is 15.8 Å². The summed E-state index contributed by atoms with van der Waals surface area (Å²) in [6.07, 6.45) is 4.94. The summed E-state index contributed by atoms with van der Waals surface area (Å²) >= 11 is 0. The number of nitrogens with zero attached hydrogens (tertiary/aromatic N) is 4. The minimum atomic E-state index is -0.754. The van der Waals surface area contributed by atoms with E-state index in [4.69, 9.17) is 20.2 Å². The molecule has 252 valence electrons. The number of carbonyl (C=O) groups excluding carboxylic acids is 2. The molecule has 3 aromatic carbocycles. The topological polar surface area (TPSA) is 117 Å². The number of methoxy groups -OCH3 is 1. The normalized spacial score (nSPS) is 22.7. The molecule has 2 saturated carbocycles. The van der Waals surface area contributed by atoms with E-state index in [2.05, 4.69) is 50.8 Å². The Balaban J connectivity index is 1.17. The molecule has 10 heteroatoms. The van der Waals surface area contributed by atoms with Gasteiger partial charge >= 0.3 is 6.09 Å². The van der Waals surface area contributed by atoms with Crippen molar-refractivity contribution in [3.8, 4) is 28.4 Å². The van der Waals surface area contributed by atoms with Crippen molar-refractivity contribution in [1.29, 1.82) is 0 Å². The Labute approximate surface area is 285 Å². The Bertz CT molecular complexity index is 2190. The van der Waals surface area contributed by atoms with Crippen molar-refractivity contribution >= 4 is 39.6 Å². The number of aromatic nitrogens is 3. The molecule has 5 aliphatic rings. The lowest BCUT2D eigenvalue weighted by Crippen LogP contribution is -2.58. The van der Waals surface area contributed by atoms with Crippen LogP contribution in [0.5, 0.6) is 5.75 Å². The van der Waals surface area contributed by atoms with E-state index >= 15 is 0 Å². The molecular weight excluding hydrogens is 616 g/mol. The van der Waals surface area contributed by atoms with Crippen LogP contribution in [0.3, 0.4) is 0 Å². The fraction of sp³-hybridized carbons (Fsp3) is 0.410. The first-order chi connectivity index (χ1) is 23.6. The summed E-state index contributed by atoms with van der Waals surface area (Å²) in [6, 6.07) is 19.0. The predicted octanol–water partition coefficient (Wildman–Crippen LogP) is 7.03. The molecule has 0 radical (unpaired) electrons. The quantitative estimate of drug-likeness (QED) is 0.202. The third kappa shape index (κ3) is 4.82. The summed E-state index contributed by atoms with van der Waals surface area (Å²) in [5.41, 5.74) is 13.9. The Morgan fingerprint density at radius 2 is 1.92 bits per heavy atom. The van der Waals surface area contributed by atoms with Gasteiger partial charge in [0.1, 0.15) is 16.9 Å². The summed E-state index contributed by atoms with van der Waals surface area (Å²) in [7, 11) is 3.68. The van der Waals surface area contributed by atoms with E-state index in [-0.39, 0.29) is 18.0 Å². The molecule has 10 nitrogen and oxygen atoms in total. The second kappa shape index (κ2) is 10.8. The number of benzene rings is 3. The maximum atomic E-state index is 14.0. The fourth-order valence-corrected chi connectivity index (χ4v) is 8.62. The number of rotatable bonds is 6. The van der Waals surface area contributed by atoms with Gasteiger partial charge in [0.05, 0.1) is 29.5 Å². The number of hydrogen-bond acceptors (Lipinski definition) is 6. The van der Waals surface area contributed by atoms with E-state index in [0.29, 0.717) is 29.7 Å². The van der Waals surface area contributed by atoms with Gasteiger partial charge in [-0.15, -0.1) is 0 Å². The molecule has 2 aromatic heterocycles. The Kier molecular flexibility index (Phi) is 6.69. The third-order valence-electron chi connectivity index (χ3n) is 11.4. The van der Waals surface area contributed by atoms with Gasteiger partial charge in [0.2, 0.25) is 0 Å². The number of cyclic esters (lactones) is 1. The van der Waals surface area contributed by atoms with Gasteiger partial charge < -0.3 is 29.2 Å². The minimum absolute atomic E-state index is 0.0275. The molecular formula is C39H42N6O4. The van der Waals surface area contributed by atoms with Crippen LogP contribution in [-0.4, -0.2) is 56.8 Å². The van der Waals surface area contributed by atoms with Gasteiger partial charge in [-0.05, 0) is 93.7 Å². The summed E-state index contributed by atoms with van der Waals surface area (Å²) in [5.74, 6) is 2.46. The van der Waals surface area contributed by atoms with Crippen LogP contribution >= 0.6 is 0 Å². The SMILES string of the molecule is COc1cc(C(=O)N2C[C@H]3CC[C@@H]2C[C@@H]3N)cc2nc(-c3cc4cccc(-c5ccc6c(c5)C(C)(C)OC(=O)N6)c4n3CC3CC3)n(C)c12. The number of hydrogen-bond donors (Lipinski definition) is 2. The molecule has 3 aliphatic heterocycles. The standard InChI is InChI=1S/C39H42N6O4/c1-39(2)28-14-22(11-13-30(28)42-38(47)49-39)27-7-5-6-23-16-32(45(34(23)27)19-21-8-9-21)36-41-31-15-25(17-33(48-4)35(31)43(36)3)37(46)44-20-24-10-12-26(44)18-29(24)40/h5-7,11,13-17,21,24,26,29H,8-10,12,18-20,40H2,1-4H3,(H,42,47)/t24-,26-,29+/m1/s1.